The lowest BCUT2D eigenvalue weighted by atomic mass is 10.1. The largest absolute Gasteiger partial charge is 0.497 e. The first kappa shape index (κ1) is 30.4. The molecule has 0 aliphatic heterocycles. The zero-order valence-corrected chi connectivity index (χ0v) is 24.9. The van der Waals surface area contributed by atoms with E-state index < -0.39 is 28.5 Å². The van der Waals surface area contributed by atoms with Crippen LogP contribution in [-0.2, 0) is 26.2 Å². The number of carbonyl (C=O) groups excluding carboxylic acids is 2. The highest BCUT2D eigenvalue weighted by molar-refractivity contribution is 7.92. The molecule has 41 heavy (non-hydrogen) atoms. The first-order valence-corrected chi connectivity index (χ1v) is 15.6. The molecule has 0 saturated heterocycles. The van der Waals surface area contributed by atoms with Crippen LogP contribution in [0.15, 0.2) is 83.8 Å². The lowest BCUT2D eigenvalue weighted by Crippen LogP contribution is -2.53. The van der Waals surface area contributed by atoms with Crippen molar-refractivity contribution >= 4 is 39.1 Å². The molecule has 4 rings (SSSR count). The molecule has 1 aliphatic carbocycles. The summed E-state index contributed by atoms with van der Waals surface area (Å²) in [6, 6.07) is 20.9. The van der Waals surface area contributed by atoms with Crippen molar-refractivity contribution in [1.82, 2.24) is 10.2 Å². The number of nitrogens with one attached hydrogen (secondary N) is 1. The van der Waals surface area contributed by atoms with Crippen LogP contribution in [0.5, 0.6) is 5.75 Å². The molecule has 1 N–H and O–H groups in total. The topological polar surface area (TPSA) is 96.0 Å². The van der Waals surface area contributed by atoms with Crippen molar-refractivity contribution in [2.24, 2.45) is 0 Å². The van der Waals surface area contributed by atoms with E-state index in [0.717, 1.165) is 35.6 Å². The highest BCUT2D eigenvalue weighted by Crippen LogP contribution is 2.28. The molecule has 10 heteroatoms. The predicted molar refractivity (Wildman–Crippen MR) is 160 cm³/mol. The summed E-state index contributed by atoms with van der Waals surface area (Å²) in [6.07, 6.45) is 4.30. The number of hydrogen-bond acceptors (Lipinski definition) is 5. The van der Waals surface area contributed by atoms with Crippen LogP contribution in [0.2, 0.25) is 5.02 Å². The first-order chi connectivity index (χ1) is 19.7. The Morgan fingerprint density at radius 1 is 1.00 bits per heavy atom. The van der Waals surface area contributed by atoms with E-state index in [9.17, 15) is 18.0 Å². The molecule has 2 amide bonds. The average molecular weight is 598 g/mol. The Morgan fingerprint density at radius 3 is 2.32 bits per heavy atom. The molecular weight excluding hydrogens is 562 g/mol. The second kappa shape index (κ2) is 13.9. The van der Waals surface area contributed by atoms with Gasteiger partial charge in [-0.25, -0.2) is 8.42 Å². The monoisotopic (exact) mass is 597 g/mol. The Bertz CT molecular complexity index is 1430. The fourth-order valence-corrected chi connectivity index (χ4v) is 6.64. The van der Waals surface area contributed by atoms with Crippen molar-refractivity contribution in [3.63, 3.8) is 0 Å². The van der Waals surface area contributed by atoms with Crippen molar-refractivity contribution in [2.45, 2.75) is 62.6 Å². The predicted octanol–water partition coefficient (Wildman–Crippen LogP) is 5.41. The van der Waals surface area contributed by atoms with Gasteiger partial charge in [0, 0.05) is 23.7 Å². The van der Waals surface area contributed by atoms with Gasteiger partial charge < -0.3 is 15.0 Å². The number of halogens is 1. The van der Waals surface area contributed by atoms with Crippen LogP contribution in [0, 0.1) is 0 Å². The lowest BCUT2D eigenvalue weighted by Gasteiger charge is -2.33. The Morgan fingerprint density at radius 2 is 1.68 bits per heavy atom. The average Bonchev–Trinajstić information content (AvgIpc) is 3.50. The van der Waals surface area contributed by atoms with Crippen LogP contribution in [0.1, 0.15) is 44.6 Å². The highest BCUT2D eigenvalue weighted by Gasteiger charge is 2.34. The van der Waals surface area contributed by atoms with Crippen LogP contribution < -0.4 is 14.4 Å². The molecule has 218 valence electrons. The van der Waals surface area contributed by atoms with Gasteiger partial charge in [-0.15, -0.1) is 0 Å². The Hall–Kier alpha value is -3.56. The van der Waals surface area contributed by atoms with E-state index in [-0.39, 0.29) is 29.1 Å². The molecule has 3 aromatic carbocycles. The van der Waals surface area contributed by atoms with Gasteiger partial charge in [-0.2, -0.15) is 0 Å². The van der Waals surface area contributed by atoms with Gasteiger partial charge in [-0.1, -0.05) is 67.8 Å². The van der Waals surface area contributed by atoms with Gasteiger partial charge in [0.15, 0.2) is 0 Å². The van der Waals surface area contributed by atoms with Crippen LogP contribution in [0.25, 0.3) is 0 Å². The maximum absolute atomic E-state index is 14.2. The minimum Gasteiger partial charge on any atom is -0.497 e. The third-order valence-electron chi connectivity index (χ3n) is 7.31. The molecule has 0 heterocycles. The summed E-state index contributed by atoms with van der Waals surface area (Å²) in [6.45, 7) is 1.46. The van der Waals surface area contributed by atoms with Gasteiger partial charge in [-0.05, 0) is 61.2 Å². The second-order valence-electron chi connectivity index (χ2n) is 10.1. The first-order valence-electron chi connectivity index (χ1n) is 13.8. The van der Waals surface area contributed by atoms with Crippen LogP contribution >= 0.6 is 11.6 Å². The number of nitrogens with zero attached hydrogens (tertiary/aromatic N) is 2. The third-order valence-corrected chi connectivity index (χ3v) is 9.35. The number of benzene rings is 3. The van der Waals surface area contributed by atoms with Gasteiger partial charge in [0.1, 0.15) is 18.3 Å². The second-order valence-corrected chi connectivity index (χ2v) is 12.4. The van der Waals surface area contributed by atoms with Gasteiger partial charge in [0.05, 0.1) is 17.7 Å². The van der Waals surface area contributed by atoms with Gasteiger partial charge >= 0.3 is 0 Å². The normalized spacial score (nSPS) is 14.3. The maximum Gasteiger partial charge on any atom is 0.264 e. The third kappa shape index (κ3) is 7.59. The molecule has 0 aromatic heterocycles. The van der Waals surface area contributed by atoms with Crippen molar-refractivity contribution in [1.29, 1.82) is 0 Å². The van der Waals surface area contributed by atoms with Crippen molar-refractivity contribution < 1.29 is 22.7 Å². The number of ether oxygens (including phenoxy) is 1. The van der Waals surface area contributed by atoms with Gasteiger partial charge in [-0.3, -0.25) is 13.9 Å². The number of anilines is 1. The minimum absolute atomic E-state index is 0.0471. The molecule has 0 radical (unpaired) electrons. The number of sulfonamides is 1. The van der Waals surface area contributed by atoms with Crippen LogP contribution in [0.4, 0.5) is 5.69 Å². The van der Waals surface area contributed by atoms with Crippen molar-refractivity contribution in [3.05, 3.63) is 89.4 Å². The summed E-state index contributed by atoms with van der Waals surface area (Å²) in [5.74, 6) is -0.292. The number of amides is 2. The molecule has 1 aliphatic rings. The van der Waals surface area contributed by atoms with E-state index >= 15 is 0 Å². The zero-order valence-electron chi connectivity index (χ0n) is 23.3. The van der Waals surface area contributed by atoms with Crippen LogP contribution in [-0.4, -0.2) is 50.9 Å². The molecule has 3 aromatic rings. The summed E-state index contributed by atoms with van der Waals surface area (Å²) >= 11 is 6.09. The molecule has 8 nitrogen and oxygen atoms in total. The SMILES string of the molecule is CC[C@H](C(=O)NC1CCCC1)N(Cc1ccc(Cl)cc1)C(=O)CN(c1cccc(OC)c1)S(=O)(=O)c1ccccc1. The number of methoxy groups -OCH3 is 1. The molecule has 1 atom stereocenters. The molecule has 0 bridgehead atoms. The maximum atomic E-state index is 14.2. The standard InChI is InChI=1S/C31H36ClN3O5S/c1-3-29(31(37)33-25-10-7-8-11-25)34(21-23-16-18-24(32)19-17-23)30(36)22-35(26-12-9-13-27(20-26)40-2)41(38,39)28-14-5-4-6-15-28/h4-6,9,12-20,25,29H,3,7-8,10-11,21-22H2,1-2H3,(H,33,37)/t29-/m1/s1. The number of carbonyl (C=O) groups is 2. The summed E-state index contributed by atoms with van der Waals surface area (Å²) in [7, 11) is -2.66. The fraction of sp³-hybridized carbons (Fsp3) is 0.355. The van der Waals surface area contributed by atoms with Crippen molar-refractivity contribution in [2.75, 3.05) is 18.0 Å². The number of hydrogen-bond donors (Lipinski definition) is 1. The molecule has 1 saturated carbocycles. The van der Waals surface area contributed by atoms with E-state index in [4.69, 9.17) is 16.3 Å². The summed E-state index contributed by atoms with van der Waals surface area (Å²) in [5.41, 5.74) is 1.05. The Balaban J connectivity index is 1.71. The van der Waals surface area contributed by atoms with Crippen molar-refractivity contribution in [3.8, 4) is 5.75 Å². The molecule has 0 unspecified atom stereocenters. The lowest BCUT2D eigenvalue weighted by molar-refractivity contribution is -0.140. The Labute approximate surface area is 247 Å². The van der Waals surface area contributed by atoms with E-state index in [0.29, 0.717) is 17.2 Å². The van der Waals surface area contributed by atoms with E-state index in [1.54, 1.807) is 66.7 Å². The fourth-order valence-electron chi connectivity index (χ4n) is 5.09. The quantitative estimate of drug-likeness (QED) is 0.301. The molecular formula is C31H36ClN3O5S. The van der Waals surface area contributed by atoms with E-state index in [2.05, 4.69) is 5.32 Å². The Kier molecular flexibility index (Phi) is 10.3. The minimum atomic E-state index is -4.15. The smallest absolute Gasteiger partial charge is 0.264 e. The van der Waals surface area contributed by atoms with Gasteiger partial charge in [0.25, 0.3) is 10.0 Å². The van der Waals surface area contributed by atoms with E-state index in [1.807, 2.05) is 6.92 Å². The summed E-state index contributed by atoms with van der Waals surface area (Å²) < 4.78 is 34.2. The number of rotatable bonds is 12. The molecule has 1 fully saturated rings. The van der Waals surface area contributed by atoms with Gasteiger partial charge in [0.2, 0.25) is 11.8 Å². The zero-order chi connectivity index (χ0) is 29.4. The van der Waals surface area contributed by atoms with Crippen LogP contribution in [0.3, 0.4) is 0 Å². The summed E-state index contributed by atoms with van der Waals surface area (Å²) in [5, 5.41) is 3.67. The highest BCUT2D eigenvalue weighted by atomic mass is 35.5. The van der Waals surface area contributed by atoms with E-state index in [1.165, 1.54) is 24.1 Å². The summed E-state index contributed by atoms with van der Waals surface area (Å²) in [4.78, 5) is 29.2. The molecule has 0 spiro atoms.